The summed E-state index contributed by atoms with van der Waals surface area (Å²) in [6.07, 6.45) is 0. The van der Waals surface area contributed by atoms with Crippen LogP contribution >= 0.6 is 0 Å². The molecule has 1 amide bonds. The molecule has 27 heavy (non-hydrogen) atoms. The quantitative estimate of drug-likeness (QED) is 0.725. The highest BCUT2D eigenvalue weighted by molar-refractivity contribution is 7.89. The highest BCUT2D eigenvalue weighted by Gasteiger charge is 2.23. The fourth-order valence-electron chi connectivity index (χ4n) is 2.16. The van der Waals surface area contributed by atoms with Crippen LogP contribution in [0.1, 0.15) is 5.56 Å². The Morgan fingerprint density at radius 3 is 2.44 bits per heavy atom. The van der Waals surface area contributed by atoms with Crippen LogP contribution in [0.4, 0.5) is 10.1 Å². The number of nitrogens with one attached hydrogen (secondary N) is 1. The molecule has 0 aliphatic rings. The van der Waals surface area contributed by atoms with Crippen molar-refractivity contribution in [3.8, 4) is 0 Å². The predicted octanol–water partition coefficient (Wildman–Crippen LogP) is 1.94. The standard InChI is InChI=1S/C18H19FN2O5S/c1-13-4-3-5-15(10-13)20-17(22)12-26-18(23)11-21(2)27(24,25)16-8-6-14(19)7-9-16/h3-10H,11-12H2,1-2H3,(H,20,22). The number of amides is 1. The van der Waals surface area contributed by atoms with Crippen LogP contribution in [-0.4, -0.2) is 44.8 Å². The Morgan fingerprint density at radius 1 is 1.15 bits per heavy atom. The molecule has 0 spiro atoms. The monoisotopic (exact) mass is 394 g/mol. The maximum Gasteiger partial charge on any atom is 0.321 e. The summed E-state index contributed by atoms with van der Waals surface area (Å²) < 4.78 is 43.1. The summed E-state index contributed by atoms with van der Waals surface area (Å²) in [7, 11) is -2.79. The number of ether oxygens (including phenoxy) is 1. The molecule has 9 heteroatoms. The van der Waals surface area contributed by atoms with Crippen LogP contribution in [0.25, 0.3) is 0 Å². The molecule has 2 aromatic rings. The van der Waals surface area contributed by atoms with Gasteiger partial charge in [-0.1, -0.05) is 12.1 Å². The van der Waals surface area contributed by atoms with Gasteiger partial charge in [0, 0.05) is 12.7 Å². The van der Waals surface area contributed by atoms with Gasteiger partial charge in [0.1, 0.15) is 12.4 Å². The van der Waals surface area contributed by atoms with Crippen molar-refractivity contribution in [3.63, 3.8) is 0 Å². The zero-order valence-electron chi connectivity index (χ0n) is 14.8. The molecule has 0 aliphatic heterocycles. The molecule has 0 saturated heterocycles. The number of esters is 1. The van der Waals surface area contributed by atoms with E-state index in [-0.39, 0.29) is 4.90 Å². The lowest BCUT2D eigenvalue weighted by atomic mass is 10.2. The number of carbonyl (C=O) groups is 2. The lowest BCUT2D eigenvalue weighted by molar-refractivity contribution is -0.147. The van der Waals surface area contributed by atoms with Crippen molar-refractivity contribution in [2.75, 3.05) is 25.5 Å². The van der Waals surface area contributed by atoms with Crippen LogP contribution in [0.15, 0.2) is 53.4 Å². The number of anilines is 1. The van der Waals surface area contributed by atoms with E-state index in [4.69, 9.17) is 4.74 Å². The highest BCUT2D eigenvalue weighted by atomic mass is 32.2. The minimum atomic E-state index is -3.98. The van der Waals surface area contributed by atoms with Crippen LogP contribution < -0.4 is 5.32 Å². The highest BCUT2D eigenvalue weighted by Crippen LogP contribution is 2.14. The Morgan fingerprint density at radius 2 is 1.81 bits per heavy atom. The van der Waals surface area contributed by atoms with Gasteiger partial charge in [-0.15, -0.1) is 0 Å². The molecule has 0 heterocycles. The van der Waals surface area contributed by atoms with E-state index >= 15 is 0 Å². The average Bonchev–Trinajstić information content (AvgIpc) is 2.60. The van der Waals surface area contributed by atoms with E-state index in [1.54, 1.807) is 18.2 Å². The van der Waals surface area contributed by atoms with E-state index in [1.165, 1.54) is 7.05 Å². The lowest BCUT2D eigenvalue weighted by Crippen LogP contribution is -2.34. The van der Waals surface area contributed by atoms with E-state index in [2.05, 4.69) is 5.32 Å². The fraction of sp³-hybridized carbons (Fsp3) is 0.222. The largest absolute Gasteiger partial charge is 0.455 e. The summed E-state index contributed by atoms with van der Waals surface area (Å²) in [4.78, 5) is 23.5. The third-order valence-electron chi connectivity index (χ3n) is 3.54. The molecule has 2 rings (SSSR count). The topological polar surface area (TPSA) is 92.8 Å². The van der Waals surface area contributed by atoms with Crippen molar-refractivity contribution >= 4 is 27.6 Å². The fourth-order valence-corrected chi connectivity index (χ4v) is 3.28. The summed E-state index contributed by atoms with van der Waals surface area (Å²) in [6.45, 7) is 0.738. The predicted molar refractivity (Wildman–Crippen MR) is 97.0 cm³/mol. The number of carbonyl (C=O) groups excluding carboxylic acids is 2. The Kier molecular flexibility index (Phi) is 6.65. The first kappa shape index (κ1) is 20.5. The molecule has 0 aliphatic carbocycles. The van der Waals surface area contributed by atoms with Crippen molar-refractivity contribution in [1.82, 2.24) is 4.31 Å². The molecule has 0 saturated carbocycles. The molecule has 0 bridgehead atoms. The number of nitrogens with zero attached hydrogens (tertiary/aromatic N) is 1. The molecule has 0 aromatic heterocycles. The van der Waals surface area contributed by atoms with E-state index < -0.39 is 40.9 Å². The van der Waals surface area contributed by atoms with Gasteiger partial charge in [-0.2, -0.15) is 4.31 Å². The first-order chi connectivity index (χ1) is 12.7. The summed E-state index contributed by atoms with van der Waals surface area (Å²) in [5.74, 6) is -2.00. The first-order valence-electron chi connectivity index (χ1n) is 7.92. The summed E-state index contributed by atoms with van der Waals surface area (Å²) >= 11 is 0. The molecule has 1 N–H and O–H groups in total. The maximum absolute atomic E-state index is 12.9. The third-order valence-corrected chi connectivity index (χ3v) is 5.36. The van der Waals surface area contributed by atoms with Gasteiger partial charge in [-0.05, 0) is 48.9 Å². The number of rotatable bonds is 7. The molecule has 144 valence electrons. The number of benzene rings is 2. The molecule has 0 radical (unpaired) electrons. The Balaban J connectivity index is 1.87. The zero-order valence-corrected chi connectivity index (χ0v) is 15.6. The minimum Gasteiger partial charge on any atom is -0.455 e. The second-order valence-electron chi connectivity index (χ2n) is 5.79. The van der Waals surface area contributed by atoms with Gasteiger partial charge in [0.25, 0.3) is 5.91 Å². The molecule has 0 fully saturated rings. The van der Waals surface area contributed by atoms with Crippen molar-refractivity contribution in [3.05, 3.63) is 59.9 Å². The van der Waals surface area contributed by atoms with Crippen LogP contribution in [-0.2, 0) is 24.3 Å². The van der Waals surface area contributed by atoms with Gasteiger partial charge in [-0.3, -0.25) is 9.59 Å². The SMILES string of the molecule is Cc1cccc(NC(=O)COC(=O)CN(C)S(=O)(=O)c2ccc(F)cc2)c1. The minimum absolute atomic E-state index is 0.156. The van der Waals surface area contributed by atoms with Crippen LogP contribution in [0.5, 0.6) is 0 Å². The van der Waals surface area contributed by atoms with E-state index in [1.807, 2.05) is 13.0 Å². The molecule has 2 aromatic carbocycles. The van der Waals surface area contributed by atoms with Gasteiger partial charge in [0.15, 0.2) is 6.61 Å². The number of aryl methyl sites for hydroxylation is 1. The van der Waals surface area contributed by atoms with Crippen LogP contribution in [0.2, 0.25) is 0 Å². The number of halogens is 1. The third kappa shape index (κ3) is 5.87. The normalized spacial score (nSPS) is 11.3. The second kappa shape index (κ2) is 8.74. The number of likely N-dealkylation sites (N-methyl/N-ethyl adjacent to an activating group) is 1. The number of hydrogen-bond acceptors (Lipinski definition) is 5. The second-order valence-corrected chi connectivity index (χ2v) is 7.84. The average molecular weight is 394 g/mol. The summed E-state index contributed by atoms with van der Waals surface area (Å²) in [5, 5.41) is 2.57. The Labute approximate surface area is 156 Å². The molecular formula is C18H19FN2O5S. The van der Waals surface area contributed by atoms with Gasteiger partial charge >= 0.3 is 5.97 Å². The first-order valence-corrected chi connectivity index (χ1v) is 9.36. The van der Waals surface area contributed by atoms with Crippen LogP contribution in [0, 0.1) is 12.7 Å². The van der Waals surface area contributed by atoms with Crippen molar-refractivity contribution in [2.45, 2.75) is 11.8 Å². The smallest absolute Gasteiger partial charge is 0.321 e. The number of hydrogen-bond donors (Lipinski definition) is 1. The lowest BCUT2D eigenvalue weighted by Gasteiger charge is -2.16. The van der Waals surface area contributed by atoms with Gasteiger partial charge < -0.3 is 10.1 Å². The van der Waals surface area contributed by atoms with E-state index in [9.17, 15) is 22.4 Å². The summed E-state index contributed by atoms with van der Waals surface area (Å²) in [5.41, 5.74) is 1.52. The number of sulfonamides is 1. The Hall–Kier alpha value is -2.78. The zero-order chi connectivity index (χ0) is 20.0. The molecule has 7 nitrogen and oxygen atoms in total. The van der Waals surface area contributed by atoms with Crippen molar-refractivity contribution in [2.24, 2.45) is 0 Å². The maximum atomic E-state index is 12.9. The Bertz CT molecular complexity index is 929. The van der Waals surface area contributed by atoms with Crippen molar-refractivity contribution in [1.29, 1.82) is 0 Å². The summed E-state index contributed by atoms with van der Waals surface area (Å²) in [6, 6.07) is 11.3. The van der Waals surface area contributed by atoms with Crippen LogP contribution in [0.3, 0.4) is 0 Å². The molecular weight excluding hydrogens is 375 g/mol. The molecule has 0 unspecified atom stereocenters. The van der Waals surface area contributed by atoms with Gasteiger partial charge in [-0.25, -0.2) is 12.8 Å². The van der Waals surface area contributed by atoms with Gasteiger partial charge in [0.05, 0.1) is 4.90 Å². The van der Waals surface area contributed by atoms with Gasteiger partial charge in [0.2, 0.25) is 10.0 Å². The molecule has 0 atom stereocenters. The van der Waals surface area contributed by atoms with Crippen molar-refractivity contribution < 1.29 is 27.1 Å². The van der Waals surface area contributed by atoms with E-state index in [0.717, 1.165) is 34.1 Å². The van der Waals surface area contributed by atoms with E-state index in [0.29, 0.717) is 5.69 Å².